The van der Waals surface area contributed by atoms with E-state index in [2.05, 4.69) is 98.8 Å². The van der Waals surface area contributed by atoms with Gasteiger partial charge in [-0.25, -0.2) is 0 Å². The Bertz CT molecular complexity index is 1410. The third-order valence-electron chi connectivity index (χ3n) is 6.57. The second kappa shape index (κ2) is 7.30. The first-order chi connectivity index (χ1) is 15.5. The molecule has 0 nitrogen and oxygen atoms in total. The maximum Gasteiger partial charge on any atom is 0.0266 e. The summed E-state index contributed by atoms with van der Waals surface area (Å²) in [7, 11) is 0. The molecule has 154 valence electrons. The van der Waals surface area contributed by atoms with Gasteiger partial charge in [-0.15, -0.1) is 25.3 Å². The highest BCUT2D eigenvalue weighted by Crippen LogP contribution is 2.58. The van der Waals surface area contributed by atoms with E-state index < -0.39 is 0 Å². The van der Waals surface area contributed by atoms with Crippen LogP contribution in [0, 0.1) is 13.8 Å². The fourth-order valence-electron chi connectivity index (χ4n) is 5.02. The van der Waals surface area contributed by atoms with Gasteiger partial charge in [0.2, 0.25) is 0 Å². The highest BCUT2D eigenvalue weighted by molar-refractivity contribution is 7.83. The van der Waals surface area contributed by atoms with Crippen molar-refractivity contribution in [2.24, 2.45) is 0 Å². The molecule has 2 heteroatoms. The molecule has 0 amide bonds. The Labute approximate surface area is 199 Å². The molecule has 32 heavy (non-hydrogen) atoms. The maximum atomic E-state index is 5.07. The molecule has 5 aromatic rings. The minimum Gasteiger partial charge on any atom is -0.142 e. The predicted molar refractivity (Wildman–Crippen MR) is 143 cm³/mol. The molecule has 1 aliphatic rings. The predicted octanol–water partition coefficient (Wildman–Crippen LogP) is 9.02. The van der Waals surface area contributed by atoms with Gasteiger partial charge in [0.05, 0.1) is 0 Å². The molecular formula is C30H22S2. The van der Waals surface area contributed by atoms with Crippen LogP contribution in [0.3, 0.4) is 0 Å². The second-order valence-electron chi connectivity index (χ2n) is 8.64. The highest BCUT2D eigenvalue weighted by Gasteiger charge is 2.31. The summed E-state index contributed by atoms with van der Waals surface area (Å²) in [5, 5.41) is 2.58. The van der Waals surface area contributed by atoms with Gasteiger partial charge in [-0.2, -0.15) is 0 Å². The van der Waals surface area contributed by atoms with Crippen molar-refractivity contribution in [1.29, 1.82) is 0 Å². The number of benzene rings is 5. The van der Waals surface area contributed by atoms with Crippen molar-refractivity contribution in [3.05, 3.63) is 96.1 Å². The van der Waals surface area contributed by atoms with Gasteiger partial charge in [-0.05, 0) is 58.0 Å². The quantitative estimate of drug-likeness (QED) is 0.244. The molecule has 0 atom stereocenters. The van der Waals surface area contributed by atoms with Crippen molar-refractivity contribution in [2.75, 3.05) is 0 Å². The lowest BCUT2D eigenvalue weighted by molar-refractivity contribution is 1.27. The number of fused-ring (bicyclic) bond motifs is 3. The lowest BCUT2D eigenvalue weighted by atomic mass is 9.87. The topological polar surface area (TPSA) is 0 Å². The van der Waals surface area contributed by atoms with E-state index >= 15 is 0 Å². The normalized spacial score (nSPS) is 11.8. The lowest BCUT2D eigenvalue weighted by Gasteiger charge is -2.21. The number of hydrogen-bond donors (Lipinski definition) is 2. The Balaban J connectivity index is 1.81. The summed E-state index contributed by atoms with van der Waals surface area (Å²) in [6, 6.07) is 30.7. The van der Waals surface area contributed by atoms with Crippen molar-refractivity contribution in [3.63, 3.8) is 0 Å². The summed E-state index contributed by atoms with van der Waals surface area (Å²) in [6.07, 6.45) is 0. The van der Waals surface area contributed by atoms with Gasteiger partial charge in [-0.1, -0.05) is 96.1 Å². The molecule has 0 N–H and O–H groups in total. The van der Waals surface area contributed by atoms with E-state index in [1.807, 2.05) is 0 Å². The highest BCUT2D eigenvalue weighted by atomic mass is 32.1. The van der Waals surface area contributed by atoms with Crippen molar-refractivity contribution in [3.8, 4) is 44.5 Å². The molecule has 0 saturated carbocycles. The van der Waals surface area contributed by atoms with Gasteiger partial charge in [-0.3, -0.25) is 0 Å². The Kier molecular flexibility index (Phi) is 4.50. The summed E-state index contributed by atoms with van der Waals surface area (Å²) in [4.78, 5) is 1.85. The summed E-state index contributed by atoms with van der Waals surface area (Å²) in [6.45, 7) is 4.24. The van der Waals surface area contributed by atoms with E-state index in [0.29, 0.717) is 0 Å². The Hall–Kier alpha value is -2.94. The molecule has 0 saturated heterocycles. The largest absolute Gasteiger partial charge is 0.142 e. The van der Waals surface area contributed by atoms with Crippen LogP contribution in [0.15, 0.2) is 94.7 Å². The van der Waals surface area contributed by atoms with Crippen LogP contribution >= 0.6 is 25.3 Å². The average molecular weight is 447 g/mol. The molecule has 0 aromatic heterocycles. The fourth-order valence-corrected chi connectivity index (χ4v) is 5.73. The smallest absolute Gasteiger partial charge is 0.0266 e. The van der Waals surface area contributed by atoms with Crippen LogP contribution in [-0.4, -0.2) is 0 Å². The van der Waals surface area contributed by atoms with Crippen LogP contribution in [0.4, 0.5) is 0 Å². The van der Waals surface area contributed by atoms with Crippen molar-refractivity contribution >= 4 is 36.0 Å². The molecule has 0 aliphatic heterocycles. The number of rotatable bonds is 2. The fraction of sp³-hybridized carbons (Fsp3) is 0.0667. The minimum atomic E-state index is 0.927. The van der Waals surface area contributed by atoms with Gasteiger partial charge in [0, 0.05) is 20.9 Å². The summed E-state index contributed by atoms with van der Waals surface area (Å²) in [5.74, 6) is 0. The third kappa shape index (κ3) is 2.80. The maximum absolute atomic E-state index is 5.07. The summed E-state index contributed by atoms with van der Waals surface area (Å²) >= 11 is 10.1. The molecule has 6 rings (SSSR count). The van der Waals surface area contributed by atoms with E-state index in [4.69, 9.17) is 25.3 Å². The molecule has 0 radical (unpaired) electrons. The van der Waals surface area contributed by atoms with Gasteiger partial charge < -0.3 is 0 Å². The van der Waals surface area contributed by atoms with E-state index in [1.54, 1.807) is 0 Å². The monoisotopic (exact) mass is 446 g/mol. The van der Waals surface area contributed by atoms with Crippen LogP contribution < -0.4 is 0 Å². The van der Waals surface area contributed by atoms with Crippen LogP contribution in [-0.2, 0) is 0 Å². The van der Waals surface area contributed by atoms with Crippen LogP contribution in [0.2, 0.25) is 0 Å². The van der Waals surface area contributed by atoms with Gasteiger partial charge >= 0.3 is 0 Å². The Morgan fingerprint density at radius 1 is 0.469 bits per heavy atom. The number of aryl methyl sites for hydroxylation is 2. The molecular weight excluding hydrogens is 424 g/mol. The van der Waals surface area contributed by atoms with E-state index in [-0.39, 0.29) is 0 Å². The zero-order chi connectivity index (χ0) is 22.0. The minimum absolute atomic E-state index is 0.927. The van der Waals surface area contributed by atoms with Crippen molar-refractivity contribution in [2.45, 2.75) is 23.6 Å². The van der Waals surface area contributed by atoms with Crippen LogP contribution in [0.25, 0.3) is 55.3 Å². The zero-order valence-corrected chi connectivity index (χ0v) is 19.8. The molecule has 0 unspecified atom stereocenters. The second-order valence-corrected chi connectivity index (χ2v) is 9.53. The third-order valence-corrected chi connectivity index (χ3v) is 7.64. The van der Waals surface area contributed by atoms with Crippen molar-refractivity contribution < 1.29 is 0 Å². The summed E-state index contributed by atoms with van der Waals surface area (Å²) in [5.41, 5.74) is 12.2. The standard InChI is InChI=1S/C30H22S2/c1-17-9-13-20(14-10-17)25-27-22-7-3-5-19-6-4-8-23(24(19)22)28(27)26(30(32)29(25)31)21-15-11-18(2)12-16-21/h3-16,31-32H,1-2H3. The van der Waals surface area contributed by atoms with Crippen LogP contribution in [0.5, 0.6) is 0 Å². The molecule has 0 heterocycles. The first-order valence-corrected chi connectivity index (χ1v) is 11.7. The Morgan fingerprint density at radius 3 is 1.28 bits per heavy atom. The van der Waals surface area contributed by atoms with E-state index in [9.17, 15) is 0 Å². The SMILES string of the molecule is Cc1ccc(-c2c(S)c(S)c(-c3ccc(C)cc3)c3c2-c2cccc4cccc-3c24)cc1. The first-order valence-electron chi connectivity index (χ1n) is 10.8. The molecule has 0 fully saturated rings. The van der Waals surface area contributed by atoms with E-state index in [1.165, 1.54) is 55.3 Å². The molecule has 0 bridgehead atoms. The summed E-state index contributed by atoms with van der Waals surface area (Å²) < 4.78 is 0. The molecule has 0 spiro atoms. The van der Waals surface area contributed by atoms with Gasteiger partial charge in [0.15, 0.2) is 0 Å². The molecule has 5 aromatic carbocycles. The van der Waals surface area contributed by atoms with E-state index in [0.717, 1.165) is 20.9 Å². The zero-order valence-electron chi connectivity index (χ0n) is 18.0. The average Bonchev–Trinajstić information content (AvgIpc) is 3.13. The van der Waals surface area contributed by atoms with Gasteiger partial charge in [0.1, 0.15) is 0 Å². The molecule has 1 aliphatic carbocycles. The van der Waals surface area contributed by atoms with Crippen molar-refractivity contribution in [1.82, 2.24) is 0 Å². The lowest BCUT2D eigenvalue weighted by Crippen LogP contribution is -1.95. The number of hydrogen-bond acceptors (Lipinski definition) is 2. The first kappa shape index (κ1) is 19.7. The van der Waals surface area contributed by atoms with Gasteiger partial charge in [0.25, 0.3) is 0 Å². The Morgan fingerprint density at radius 2 is 0.875 bits per heavy atom. The van der Waals surface area contributed by atoms with Crippen LogP contribution in [0.1, 0.15) is 11.1 Å². The number of thiol groups is 2.